The van der Waals surface area contributed by atoms with Crippen molar-refractivity contribution in [3.8, 4) is 0 Å². The summed E-state index contributed by atoms with van der Waals surface area (Å²) in [6.07, 6.45) is -4.28. The Hall–Kier alpha value is -2.05. The molecular weight excluding hydrogens is 281 g/mol. The highest BCUT2D eigenvalue weighted by Gasteiger charge is 2.31. The van der Waals surface area contributed by atoms with Crippen LogP contribution in [0.5, 0.6) is 0 Å². The summed E-state index contributed by atoms with van der Waals surface area (Å²) in [6.45, 7) is 3.34. The number of halogens is 3. The number of anilines is 2. The van der Waals surface area contributed by atoms with Gasteiger partial charge >= 0.3 is 6.18 Å². The van der Waals surface area contributed by atoms with Crippen LogP contribution in [0.15, 0.2) is 24.3 Å². The maximum atomic E-state index is 12.7. The molecule has 1 aromatic heterocycles. The molecule has 0 aliphatic heterocycles. The molecule has 0 aliphatic carbocycles. The number of alkyl halides is 3. The largest absolute Gasteiger partial charge is 0.405 e. The summed E-state index contributed by atoms with van der Waals surface area (Å²) < 4.78 is 38.2. The van der Waals surface area contributed by atoms with Gasteiger partial charge in [0, 0.05) is 18.5 Å². The first kappa shape index (κ1) is 15.3. The Morgan fingerprint density at radius 2 is 1.86 bits per heavy atom. The average Bonchev–Trinajstić information content (AvgIpc) is 2.43. The van der Waals surface area contributed by atoms with Gasteiger partial charge in [-0.15, -0.1) is 0 Å². The molecule has 0 radical (unpaired) electrons. The molecule has 1 aromatic carbocycles. The summed E-state index contributed by atoms with van der Waals surface area (Å²) in [5, 5.41) is 3.57. The van der Waals surface area contributed by atoms with Crippen LogP contribution in [-0.4, -0.2) is 35.8 Å². The second-order valence-corrected chi connectivity index (χ2v) is 4.55. The van der Waals surface area contributed by atoms with Crippen LogP contribution >= 0.6 is 0 Å². The third-order valence-corrected chi connectivity index (χ3v) is 2.97. The van der Waals surface area contributed by atoms with Crippen LogP contribution in [-0.2, 0) is 0 Å². The predicted octanol–water partition coefficient (Wildman–Crippen LogP) is 3.45. The van der Waals surface area contributed by atoms with Gasteiger partial charge in [-0.1, -0.05) is 12.1 Å². The number of aromatic nitrogens is 2. The molecule has 0 amide bonds. The minimum Gasteiger partial charge on any atom is -0.354 e. The maximum Gasteiger partial charge on any atom is 0.405 e. The Bertz CT molecular complexity index is 613. The van der Waals surface area contributed by atoms with Crippen LogP contribution in [0.25, 0.3) is 10.9 Å². The number of fused-ring (bicyclic) bond motifs is 1. The van der Waals surface area contributed by atoms with E-state index in [-0.39, 0.29) is 6.54 Å². The fourth-order valence-corrected chi connectivity index (χ4v) is 2.09. The first-order valence-corrected chi connectivity index (χ1v) is 6.77. The van der Waals surface area contributed by atoms with Gasteiger partial charge in [-0.25, -0.2) is 4.98 Å². The number of benzene rings is 1. The molecule has 0 spiro atoms. The van der Waals surface area contributed by atoms with E-state index < -0.39 is 12.7 Å². The van der Waals surface area contributed by atoms with Gasteiger partial charge in [-0.2, -0.15) is 18.2 Å². The van der Waals surface area contributed by atoms with Crippen LogP contribution in [0.2, 0.25) is 0 Å². The molecular formula is C14H17F3N4. The van der Waals surface area contributed by atoms with Gasteiger partial charge in [-0.3, -0.25) is 0 Å². The van der Waals surface area contributed by atoms with Crippen LogP contribution in [0.4, 0.5) is 24.9 Å². The van der Waals surface area contributed by atoms with E-state index in [1.165, 1.54) is 4.90 Å². The molecule has 0 atom stereocenters. The van der Waals surface area contributed by atoms with Gasteiger partial charge in [0.2, 0.25) is 5.95 Å². The van der Waals surface area contributed by atoms with Crippen molar-refractivity contribution >= 4 is 22.7 Å². The fraction of sp³-hybridized carbons (Fsp3) is 0.429. The second kappa shape index (κ2) is 6.15. The Morgan fingerprint density at radius 3 is 2.48 bits per heavy atom. The van der Waals surface area contributed by atoms with E-state index >= 15 is 0 Å². The molecule has 7 heteroatoms. The molecule has 1 heterocycles. The van der Waals surface area contributed by atoms with Gasteiger partial charge in [-0.05, 0) is 26.0 Å². The molecule has 0 unspecified atom stereocenters. The normalized spacial score (nSPS) is 11.7. The first-order valence-electron chi connectivity index (χ1n) is 6.77. The van der Waals surface area contributed by atoms with Crippen molar-refractivity contribution in [2.45, 2.75) is 20.0 Å². The number of para-hydroxylation sites is 1. The Labute approximate surface area is 121 Å². The van der Waals surface area contributed by atoms with E-state index in [4.69, 9.17) is 0 Å². The Balaban J connectivity index is 2.53. The number of hydrogen-bond acceptors (Lipinski definition) is 4. The SMILES string of the molecule is CCNc1nc(N(CC)CC(F)(F)F)c2ccccc2n1. The lowest BCUT2D eigenvalue weighted by atomic mass is 10.2. The molecule has 21 heavy (non-hydrogen) atoms. The minimum absolute atomic E-state index is 0.214. The lowest BCUT2D eigenvalue weighted by Crippen LogP contribution is -2.35. The predicted molar refractivity (Wildman–Crippen MR) is 77.6 cm³/mol. The van der Waals surface area contributed by atoms with E-state index in [2.05, 4.69) is 15.3 Å². The summed E-state index contributed by atoms with van der Waals surface area (Å²) in [6, 6.07) is 7.07. The van der Waals surface area contributed by atoms with E-state index in [1.807, 2.05) is 6.92 Å². The lowest BCUT2D eigenvalue weighted by molar-refractivity contribution is -0.119. The van der Waals surface area contributed by atoms with Crippen molar-refractivity contribution < 1.29 is 13.2 Å². The van der Waals surface area contributed by atoms with Crippen molar-refractivity contribution in [1.82, 2.24) is 9.97 Å². The molecule has 0 saturated heterocycles. The number of nitrogens with zero attached hydrogens (tertiary/aromatic N) is 3. The van der Waals surface area contributed by atoms with Gasteiger partial charge in [0.1, 0.15) is 12.4 Å². The summed E-state index contributed by atoms with van der Waals surface area (Å²) in [4.78, 5) is 9.77. The summed E-state index contributed by atoms with van der Waals surface area (Å²) in [5.41, 5.74) is 0.624. The highest BCUT2D eigenvalue weighted by molar-refractivity contribution is 5.90. The van der Waals surface area contributed by atoms with Crippen LogP contribution in [0.3, 0.4) is 0 Å². The zero-order chi connectivity index (χ0) is 15.5. The molecule has 0 bridgehead atoms. The highest BCUT2D eigenvalue weighted by atomic mass is 19.4. The summed E-state index contributed by atoms with van der Waals surface area (Å²) in [7, 11) is 0. The quantitative estimate of drug-likeness (QED) is 0.918. The summed E-state index contributed by atoms with van der Waals surface area (Å²) >= 11 is 0. The smallest absolute Gasteiger partial charge is 0.354 e. The van der Waals surface area contributed by atoms with Gasteiger partial charge in [0.25, 0.3) is 0 Å². The molecule has 0 aliphatic rings. The Kier molecular flexibility index (Phi) is 4.50. The molecule has 2 rings (SSSR count). The fourth-order valence-electron chi connectivity index (χ4n) is 2.09. The third kappa shape index (κ3) is 3.74. The molecule has 4 nitrogen and oxygen atoms in total. The second-order valence-electron chi connectivity index (χ2n) is 4.55. The van der Waals surface area contributed by atoms with Crippen LogP contribution in [0, 0.1) is 0 Å². The topological polar surface area (TPSA) is 41.1 Å². The zero-order valence-corrected chi connectivity index (χ0v) is 11.9. The minimum atomic E-state index is -4.28. The highest BCUT2D eigenvalue weighted by Crippen LogP contribution is 2.28. The van der Waals surface area contributed by atoms with Crippen LogP contribution < -0.4 is 10.2 Å². The molecule has 0 fully saturated rings. The molecule has 1 N–H and O–H groups in total. The van der Waals surface area contributed by atoms with Crippen molar-refractivity contribution in [2.75, 3.05) is 29.9 Å². The lowest BCUT2D eigenvalue weighted by Gasteiger charge is -2.25. The third-order valence-electron chi connectivity index (χ3n) is 2.97. The van der Waals surface area contributed by atoms with E-state index in [0.29, 0.717) is 29.2 Å². The maximum absolute atomic E-state index is 12.7. The Morgan fingerprint density at radius 1 is 1.14 bits per heavy atom. The molecule has 114 valence electrons. The van der Waals surface area contributed by atoms with Crippen molar-refractivity contribution in [3.05, 3.63) is 24.3 Å². The van der Waals surface area contributed by atoms with E-state index in [1.54, 1.807) is 31.2 Å². The van der Waals surface area contributed by atoms with Gasteiger partial charge in [0.05, 0.1) is 5.52 Å². The van der Waals surface area contributed by atoms with Gasteiger partial charge < -0.3 is 10.2 Å². The van der Waals surface area contributed by atoms with E-state index in [0.717, 1.165) is 0 Å². The van der Waals surface area contributed by atoms with Crippen molar-refractivity contribution in [3.63, 3.8) is 0 Å². The van der Waals surface area contributed by atoms with Crippen molar-refractivity contribution in [2.24, 2.45) is 0 Å². The number of nitrogens with one attached hydrogen (secondary N) is 1. The molecule has 2 aromatic rings. The van der Waals surface area contributed by atoms with Gasteiger partial charge in [0.15, 0.2) is 0 Å². The zero-order valence-electron chi connectivity index (χ0n) is 11.9. The van der Waals surface area contributed by atoms with Crippen LogP contribution in [0.1, 0.15) is 13.8 Å². The van der Waals surface area contributed by atoms with E-state index in [9.17, 15) is 13.2 Å². The molecule has 0 saturated carbocycles. The standard InChI is InChI=1S/C14H17F3N4/c1-3-18-13-19-11-8-6-5-7-10(11)12(20-13)21(4-2)9-14(15,16)17/h5-8H,3-4,9H2,1-2H3,(H,18,19,20). The first-order chi connectivity index (χ1) is 9.94. The number of hydrogen-bond donors (Lipinski definition) is 1. The monoisotopic (exact) mass is 298 g/mol. The average molecular weight is 298 g/mol. The number of rotatable bonds is 5. The van der Waals surface area contributed by atoms with Crippen molar-refractivity contribution in [1.29, 1.82) is 0 Å². The summed E-state index contributed by atoms with van der Waals surface area (Å²) in [5.74, 6) is 0.642.